The number of piperidine rings is 1. The number of amides is 1. The maximum absolute atomic E-state index is 13.2. The summed E-state index contributed by atoms with van der Waals surface area (Å²) in [6.07, 6.45) is 1.25. The molecule has 7 nitrogen and oxygen atoms in total. The van der Waals surface area contributed by atoms with Gasteiger partial charge in [-0.05, 0) is 49.6 Å². The van der Waals surface area contributed by atoms with Gasteiger partial charge in [-0.25, -0.2) is 8.42 Å². The van der Waals surface area contributed by atoms with Gasteiger partial charge in [0.05, 0.1) is 31.1 Å². The number of halogens is 1. The zero-order valence-electron chi connectivity index (χ0n) is 17.8. The number of nitrogens with one attached hydrogen (secondary N) is 1. The van der Waals surface area contributed by atoms with Crippen molar-refractivity contribution in [3.63, 3.8) is 0 Å². The normalized spacial score (nSPS) is 18.3. The van der Waals surface area contributed by atoms with Crippen molar-refractivity contribution in [3.8, 4) is 11.5 Å². The first-order valence-electron chi connectivity index (χ1n) is 10.0. The SMILES string of the molecule is COc1ccc(S(=O)(=O)N2CCC[C@H](C(=O)N[C@H](C)c3ccc(Cl)cc3)C2)cc1OC. The molecular formula is C22H27ClN2O5S. The molecule has 0 radical (unpaired) electrons. The number of hydrogen-bond donors (Lipinski definition) is 1. The molecule has 1 N–H and O–H groups in total. The number of benzene rings is 2. The second kappa shape index (κ2) is 9.89. The van der Waals surface area contributed by atoms with Crippen LogP contribution in [-0.4, -0.2) is 45.9 Å². The number of nitrogens with zero attached hydrogens (tertiary/aromatic N) is 1. The summed E-state index contributed by atoms with van der Waals surface area (Å²) in [5, 5.41) is 3.62. The third-order valence-corrected chi connectivity index (χ3v) is 7.59. The lowest BCUT2D eigenvalue weighted by Crippen LogP contribution is -2.45. The van der Waals surface area contributed by atoms with E-state index in [0.29, 0.717) is 35.9 Å². The summed E-state index contributed by atoms with van der Waals surface area (Å²) >= 11 is 5.92. The van der Waals surface area contributed by atoms with Crippen LogP contribution in [0.4, 0.5) is 0 Å². The summed E-state index contributed by atoms with van der Waals surface area (Å²) < 4.78 is 38.2. The van der Waals surface area contributed by atoms with Crippen molar-refractivity contribution in [2.45, 2.75) is 30.7 Å². The van der Waals surface area contributed by atoms with Gasteiger partial charge in [0.15, 0.2) is 11.5 Å². The summed E-state index contributed by atoms with van der Waals surface area (Å²) in [4.78, 5) is 13.0. The molecular weight excluding hydrogens is 440 g/mol. The smallest absolute Gasteiger partial charge is 0.243 e. The van der Waals surface area contributed by atoms with Gasteiger partial charge in [-0.2, -0.15) is 4.31 Å². The molecule has 1 aliphatic rings. The molecule has 2 atom stereocenters. The van der Waals surface area contributed by atoms with Crippen LogP contribution in [0.25, 0.3) is 0 Å². The van der Waals surface area contributed by atoms with Crippen LogP contribution in [0.2, 0.25) is 5.02 Å². The highest BCUT2D eigenvalue weighted by Gasteiger charge is 2.34. The second-order valence-electron chi connectivity index (χ2n) is 7.50. The lowest BCUT2D eigenvalue weighted by atomic mass is 9.98. The van der Waals surface area contributed by atoms with E-state index in [1.807, 2.05) is 19.1 Å². The topological polar surface area (TPSA) is 84.9 Å². The Kier molecular flexibility index (Phi) is 7.46. The monoisotopic (exact) mass is 466 g/mol. The van der Waals surface area contributed by atoms with Crippen LogP contribution in [0.15, 0.2) is 47.4 Å². The van der Waals surface area contributed by atoms with Crippen LogP contribution in [0.5, 0.6) is 11.5 Å². The van der Waals surface area contributed by atoms with Crippen LogP contribution in [0.1, 0.15) is 31.4 Å². The fourth-order valence-corrected chi connectivity index (χ4v) is 5.33. The molecule has 2 aromatic carbocycles. The summed E-state index contributed by atoms with van der Waals surface area (Å²) in [5.74, 6) is 0.216. The molecule has 1 saturated heterocycles. The molecule has 0 aromatic heterocycles. The minimum absolute atomic E-state index is 0.112. The van der Waals surface area contributed by atoms with Gasteiger partial charge in [-0.3, -0.25) is 4.79 Å². The molecule has 0 saturated carbocycles. The standard InChI is InChI=1S/C22H27ClN2O5S/c1-15(16-6-8-18(23)9-7-16)24-22(26)17-5-4-12-25(14-17)31(27,28)19-10-11-20(29-2)21(13-19)30-3/h6-11,13,15,17H,4-5,12,14H2,1-3H3,(H,24,26)/t15-,17+/m1/s1. The summed E-state index contributed by atoms with van der Waals surface area (Å²) in [6, 6.07) is 11.6. The molecule has 9 heteroatoms. The number of hydrogen-bond acceptors (Lipinski definition) is 5. The minimum Gasteiger partial charge on any atom is -0.493 e. The molecule has 3 rings (SSSR count). The Morgan fingerprint density at radius 2 is 1.81 bits per heavy atom. The molecule has 1 aliphatic heterocycles. The van der Waals surface area contributed by atoms with Gasteiger partial charge in [0.25, 0.3) is 0 Å². The van der Waals surface area contributed by atoms with Gasteiger partial charge in [0, 0.05) is 24.2 Å². The van der Waals surface area contributed by atoms with Crippen molar-refractivity contribution in [1.29, 1.82) is 0 Å². The predicted octanol–water partition coefficient (Wildman–Crippen LogP) is 3.64. The zero-order chi connectivity index (χ0) is 22.6. The molecule has 31 heavy (non-hydrogen) atoms. The number of ether oxygens (including phenoxy) is 2. The maximum Gasteiger partial charge on any atom is 0.243 e. The fourth-order valence-electron chi connectivity index (χ4n) is 3.67. The van der Waals surface area contributed by atoms with Gasteiger partial charge < -0.3 is 14.8 Å². The molecule has 0 unspecified atom stereocenters. The average Bonchev–Trinajstić information content (AvgIpc) is 2.78. The lowest BCUT2D eigenvalue weighted by Gasteiger charge is -2.32. The van der Waals surface area contributed by atoms with Crippen molar-refractivity contribution in [2.24, 2.45) is 5.92 Å². The van der Waals surface area contributed by atoms with Gasteiger partial charge >= 0.3 is 0 Å². The first-order chi connectivity index (χ1) is 14.8. The van der Waals surface area contributed by atoms with Gasteiger partial charge in [-0.15, -0.1) is 0 Å². The Morgan fingerprint density at radius 1 is 1.13 bits per heavy atom. The van der Waals surface area contributed by atoms with Crippen LogP contribution in [0.3, 0.4) is 0 Å². The largest absolute Gasteiger partial charge is 0.493 e. The molecule has 1 amide bonds. The number of carbonyl (C=O) groups is 1. The van der Waals surface area contributed by atoms with E-state index in [0.717, 1.165) is 5.56 Å². The van der Waals surface area contributed by atoms with Crippen molar-refractivity contribution in [1.82, 2.24) is 9.62 Å². The van der Waals surface area contributed by atoms with Gasteiger partial charge in [0.2, 0.25) is 15.9 Å². The number of sulfonamides is 1. The lowest BCUT2D eigenvalue weighted by molar-refractivity contribution is -0.126. The summed E-state index contributed by atoms with van der Waals surface area (Å²) in [6.45, 7) is 2.39. The third kappa shape index (κ3) is 5.31. The highest BCUT2D eigenvalue weighted by molar-refractivity contribution is 7.89. The first-order valence-corrected chi connectivity index (χ1v) is 11.9. The Bertz CT molecular complexity index is 1030. The molecule has 1 fully saturated rings. The molecule has 0 spiro atoms. The number of carbonyl (C=O) groups excluding carboxylic acids is 1. The fraction of sp³-hybridized carbons (Fsp3) is 0.409. The van der Waals surface area contributed by atoms with Crippen molar-refractivity contribution in [2.75, 3.05) is 27.3 Å². The third-order valence-electron chi connectivity index (χ3n) is 5.48. The molecule has 0 bridgehead atoms. The molecule has 168 valence electrons. The van der Waals surface area contributed by atoms with E-state index >= 15 is 0 Å². The quantitative estimate of drug-likeness (QED) is 0.673. The van der Waals surface area contributed by atoms with E-state index in [4.69, 9.17) is 21.1 Å². The van der Waals surface area contributed by atoms with Crippen LogP contribution < -0.4 is 14.8 Å². The van der Waals surface area contributed by atoms with E-state index in [9.17, 15) is 13.2 Å². The predicted molar refractivity (Wildman–Crippen MR) is 119 cm³/mol. The van der Waals surface area contributed by atoms with Crippen molar-refractivity contribution >= 4 is 27.5 Å². The number of methoxy groups -OCH3 is 2. The van der Waals surface area contributed by atoms with E-state index in [1.165, 1.54) is 30.7 Å². The minimum atomic E-state index is -3.77. The molecule has 0 aliphatic carbocycles. The highest BCUT2D eigenvalue weighted by atomic mass is 35.5. The maximum atomic E-state index is 13.2. The van der Waals surface area contributed by atoms with Gasteiger partial charge in [0.1, 0.15) is 0 Å². The van der Waals surface area contributed by atoms with Crippen LogP contribution >= 0.6 is 11.6 Å². The number of rotatable bonds is 7. The van der Waals surface area contributed by atoms with E-state index in [1.54, 1.807) is 18.2 Å². The first kappa shape index (κ1) is 23.4. The van der Waals surface area contributed by atoms with Crippen molar-refractivity contribution < 1.29 is 22.7 Å². The van der Waals surface area contributed by atoms with E-state index in [2.05, 4.69) is 5.32 Å². The Morgan fingerprint density at radius 3 is 2.45 bits per heavy atom. The Balaban J connectivity index is 1.71. The second-order valence-corrected chi connectivity index (χ2v) is 9.88. The van der Waals surface area contributed by atoms with Crippen LogP contribution in [-0.2, 0) is 14.8 Å². The van der Waals surface area contributed by atoms with E-state index < -0.39 is 15.9 Å². The van der Waals surface area contributed by atoms with Crippen LogP contribution in [0, 0.1) is 5.92 Å². The van der Waals surface area contributed by atoms with E-state index in [-0.39, 0.29) is 23.4 Å². The molecule has 2 aromatic rings. The molecule has 1 heterocycles. The van der Waals surface area contributed by atoms with Crippen molar-refractivity contribution in [3.05, 3.63) is 53.1 Å². The highest BCUT2D eigenvalue weighted by Crippen LogP contribution is 2.32. The Hall–Kier alpha value is -2.29. The van der Waals surface area contributed by atoms with Gasteiger partial charge in [-0.1, -0.05) is 23.7 Å². The Labute approximate surface area is 188 Å². The zero-order valence-corrected chi connectivity index (χ0v) is 19.4. The average molecular weight is 467 g/mol. The summed E-state index contributed by atoms with van der Waals surface area (Å²) in [7, 11) is -0.822. The summed E-state index contributed by atoms with van der Waals surface area (Å²) in [5.41, 5.74) is 0.934.